The van der Waals surface area contributed by atoms with Crippen molar-refractivity contribution in [3.63, 3.8) is 0 Å². The van der Waals surface area contributed by atoms with Crippen molar-refractivity contribution >= 4 is 27.6 Å². The highest BCUT2D eigenvalue weighted by Gasteiger charge is 2.34. The van der Waals surface area contributed by atoms with Gasteiger partial charge in [-0.25, -0.2) is 17.5 Å². The summed E-state index contributed by atoms with van der Waals surface area (Å²) in [5.74, 6) is -0.217. The number of likely N-dealkylation sites (N-methyl/N-ethyl adjacent to an activating group) is 1. The summed E-state index contributed by atoms with van der Waals surface area (Å²) in [4.78, 5) is 27.6. The van der Waals surface area contributed by atoms with Gasteiger partial charge in [0.2, 0.25) is 10.0 Å². The second kappa shape index (κ2) is 11.6. The Morgan fingerprint density at radius 2 is 1.97 bits per heavy atom. The van der Waals surface area contributed by atoms with Crippen LogP contribution in [0.2, 0.25) is 0 Å². The van der Waals surface area contributed by atoms with E-state index in [4.69, 9.17) is 4.74 Å². The number of hydrogen-bond donors (Lipinski definition) is 3. The number of hydrogen-bond acceptors (Lipinski definition) is 6. The van der Waals surface area contributed by atoms with Crippen molar-refractivity contribution in [2.75, 3.05) is 38.3 Å². The number of aliphatic hydroxyl groups is 1. The number of anilines is 1. The van der Waals surface area contributed by atoms with E-state index in [0.29, 0.717) is 11.4 Å². The zero-order valence-corrected chi connectivity index (χ0v) is 21.8. The predicted octanol–water partition coefficient (Wildman–Crippen LogP) is 2.25. The highest BCUT2D eigenvalue weighted by Crippen LogP contribution is 2.31. The number of aliphatic hydroxyl groups excluding tert-OH is 1. The topological polar surface area (TPSA) is 128 Å². The Kier molecular flexibility index (Phi) is 9.00. The van der Waals surface area contributed by atoms with Crippen LogP contribution in [-0.4, -0.2) is 85.9 Å². The molecule has 0 saturated heterocycles. The summed E-state index contributed by atoms with van der Waals surface area (Å²) < 4.78 is 31.4. The van der Waals surface area contributed by atoms with E-state index in [1.165, 1.54) is 17.8 Å². The van der Waals surface area contributed by atoms with Crippen molar-refractivity contribution in [2.45, 2.75) is 64.1 Å². The molecule has 1 aliphatic carbocycles. The molecule has 2 aliphatic rings. The van der Waals surface area contributed by atoms with Gasteiger partial charge in [0.25, 0.3) is 5.91 Å². The van der Waals surface area contributed by atoms with Crippen molar-refractivity contribution in [1.29, 1.82) is 0 Å². The first-order valence-electron chi connectivity index (χ1n) is 12.2. The van der Waals surface area contributed by atoms with Gasteiger partial charge in [-0.05, 0) is 38.0 Å². The number of sulfonamides is 1. The molecule has 0 aromatic heterocycles. The SMILES string of the molecule is C[C@@H]1CN([C@H](C)CO)C(=O)c2cc(NC(=O)NC3CCCCC3)ccc2O[C@@H]1CN(C)S(C)(=O)=O. The Hall–Kier alpha value is -2.37. The molecule has 1 aliphatic heterocycles. The lowest BCUT2D eigenvalue weighted by atomic mass is 9.96. The van der Waals surface area contributed by atoms with Crippen LogP contribution in [0.15, 0.2) is 18.2 Å². The Labute approximate surface area is 208 Å². The van der Waals surface area contributed by atoms with Crippen molar-refractivity contribution < 1.29 is 27.9 Å². The van der Waals surface area contributed by atoms with E-state index < -0.39 is 22.2 Å². The number of urea groups is 1. The van der Waals surface area contributed by atoms with Gasteiger partial charge in [-0.1, -0.05) is 26.2 Å². The molecule has 10 nitrogen and oxygen atoms in total. The van der Waals surface area contributed by atoms with Gasteiger partial charge in [-0.15, -0.1) is 0 Å². The number of benzene rings is 1. The second-order valence-electron chi connectivity index (χ2n) is 9.81. The average Bonchev–Trinajstić information content (AvgIpc) is 2.81. The molecule has 35 heavy (non-hydrogen) atoms. The number of rotatable bonds is 7. The van der Waals surface area contributed by atoms with Crippen molar-refractivity contribution in [3.8, 4) is 5.75 Å². The summed E-state index contributed by atoms with van der Waals surface area (Å²) >= 11 is 0. The lowest BCUT2D eigenvalue weighted by molar-refractivity contribution is 0.0387. The summed E-state index contributed by atoms with van der Waals surface area (Å²) in [6.45, 7) is 3.82. The van der Waals surface area contributed by atoms with Gasteiger partial charge in [-0.2, -0.15) is 0 Å². The van der Waals surface area contributed by atoms with Crippen LogP contribution in [0.25, 0.3) is 0 Å². The van der Waals surface area contributed by atoms with E-state index in [2.05, 4.69) is 10.6 Å². The molecular formula is C24H38N4O6S. The Morgan fingerprint density at radius 1 is 1.29 bits per heavy atom. The third kappa shape index (κ3) is 7.08. The van der Waals surface area contributed by atoms with E-state index in [-0.39, 0.29) is 49.2 Å². The molecule has 0 spiro atoms. The quantitative estimate of drug-likeness (QED) is 0.516. The number of nitrogens with zero attached hydrogens (tertiary/aromatic N) is 2. The molecule has 3 atom stereocenters. The highest BCUT2D eigenvalue weighted by molar-refractivity contribution is 7.88. The minimum Gasteiger partial charge on any atom is -0.488 e. The molecule has 0 bridgehead atoms. The van der Waals surface area contributed by atoms with Gasteiger partial charge in [0.05, 0.1) is 31.0 Å². The van der Waals surface area contributed by atoms with E-state index in [1.807, 2.05) is 6.92 Å². The molecule has 1 saturated carbocycles. The number of ether oxygens (including phenoxy) is 1. The van der Waals surface area contributed by atoms with Gasteiger partial charge in [-0.3, -0.25) is 4.79 Å². The van der Waals surface area contributed by atoms with Crippen molar-refractivity contribution in [3.05, 3.63) is 23.8 Å². The summed E-state index contributed by atoms with van der Waals surface area (Å²) in [6, 6.07) is 4.23. The fourth-order valence-corrected chi connectivity index (χ4v) is 4.92. The first kappa shape index (κ1) is 27.2. The predicted molar refractivity (Wildman–Crippen MR) is 134 cm³/mol. The third-order valence-corrected chi connectivity index (χ3v) is 8.15. The molecule has 0 radical (unpaired) electrons. The van der Waals surface area contributed by atoms with Crippen LogP contribution in [-0.2, 0) is 10.0 Å². The highest BCUT2D eigenvalue weighted by atomic mass is 32.2. The van der Waals surface area contributed by atoms with Gasteiger partial charge in [0.1, 0.15) is 11.9 Å². The number of carbonyl (C=O) groups excluding carboxylic acids is 2. The fraction of sp³-hybridized carbons (Fsp3) is 0.667. The molecule has 1 aromatic carbocycles. The first-order valence-corrected chi connectivity index (χ1v) is 14.1. The molecule has 1 fully saturated rings. The minimum atomic E-state index is -3.42. The van der Waals surface area contributed by atoms with E-state index in [0.717, 1.165) is 31.9 Å². The van der Waals surface area contributed by atoms with Crippen LogP contribution in [0.1, 0.15) is 56.3 Å². The summed E-state index contributed by atoms with van der Waals surface area (Å²) in [5, 5.41) is 15.6. The van der Waals surface area contributed by atoms with E-state index >= 15 is 0 Å². The number of carbonyl (C=O) groups is 2. The summed E-state index contributed by atoms with van der Waals surface area (Å²) in [5.41, 5.74) is 0.698. The van der Waals surface area contributed by atoms with Gasteiger partial charge >= 0.3 is 6.03 Å². The van der Waals surface area contributed by atoms with Crippen LogP contribution >= 0.6 is 0 Å². The second-order valence-corrected chi connectivity index (χ2v) is 11.9. The normalized spacial score (nSPS) is 22.6. The number of nitrogens with one attached hydrogen (secondary N) is 2. The molecule has 3 amide bonds. The van der Waals surface area contributed by atoms with Crippen LogP contribution in [0.3, 0.4) is 0 Å². The Balaban J connectivity index is 1.87. The molecule has 11 heteroatoms. The standard InChI is InChI=1S/C24H38N4O6S/c1-16-13-28(17(2)15-29)23(30)20-12-19(26-24(31)25-18-8-6-5-7-9-18)10-11-21(20)34-22(16)14-27(3)35(4,32)33/h10-12,16-18,22,29H,5-9,13-15H2,1-4H3,(H2,25,26,31)/t16-,17-,22-/m1/s1. The molecule has 196 valence electrons. The van der Waals surface area contributed by atoms with Crippen LogP contribution < -0.4 is 15.4 Å². The molecule has 1 heterocycles. The fourth-order valence-electron chi connectivity index (χ4n) is 4.51. The molecule has 3 N–H and O–H groups in total. The van der Waals surface area contributed by atoms with Gasteiger partial charge < -0.3 is 25.4 Å². The lowest BCUT2D eigenvalue weighted by Crippen LogP contribution is -2.50. The van der Waals surface area contributed by atoms with Crippen molar-refractivity contribution in [1.82, 2.24) is 14.5 Å². The van der Waals surface area contributed by atoms with Gasteiger partial charge in [0, 0.05) is 31.2 Å². The maximum Gasteiger partial charge on any atom is 0.319 e. The monoisotopic (exact) mass is 510 g/mol. The molecule has 1 aromatic rings. The summed E-state index contributed by atoms with van der Waals surface area (Å²) in [7, 11) is -1.94. The Bertz CT molecular complexity index is 1010. The van der Waals surface area contributed by atoms with Gasteiger partial charge in [0.15, 0.2) is 0 Å². The average molecular weight is 511 g/mol. The summed E-state index contributed by atoms with van der Waals surface area (Å²) in [6.07, 6.45) is 5.91. The van der Waals surface area contributed by atoms with Crippen molar-refractivity contribution in [2.24, 2.45) is 5.92 Å². The minimum absolute atomic E-state index is 0.110. The van der Waals surface area contributed by atoms with Crippen LogP contribution in [0.5, 0.6) is 5.75 Å². The number of amides is 3. The zero-order valence-electron chi connectivity index (χ0n) is 21.0. The lowest BCUT2D eigenvalue weighted by Gasteiger charge is -2.38. The third-order valence-electron chi connectivity index (χ3n) is 6.87. The maximum atomic E-state index is 13.5. The maximum absolute atomic E-state index is 13.5. The Morgan fingerprint density at radius 3 is 2.60 bits per heavy atom. The van der Waals surface area contributed by atoms with E-state index in [9.17, 15) is 23.1 Å². The number of fused-ring (bicyclic) bond motifs is 1. The molecule has 3 rings (SSSR count). The smallest absolute Gasteiger partial charge is 0.319 e. The van der Waals surface area contributed by atoms with Crippen LogP contribution in [0, 0.1) is 5.92 Å². The van der Waals surface area contributed by atoms with Crippen LogP contribution in [0.4, 0.5) is 10.5 Å². The first-order chi connectivity index (χ1) is 16.5. The van der Waals surface area contributed by atoms with E-state index in [1.54, 1.807) is 30.0 Å². The molecule has 0 unspecified atom stereocenters. The largest absolute Gasteiger partial charge is 0.488 e. The zero-order chi connectivity index (χ0) is 25.8. The molecular weight excluding hydrogens is 472 g/mol.